The van der Waals surface area contributed by atoms with Crippen molar-refractivity contribution in [2.24, 2.45) is 23.7 Å². The molecule has 3 aliphatic rings. The number of rotatable bonds is 5. The van der Waals surface area contributed by atoms with Crippen LogP contribution in [0.4, 0.5) is 13.2 Å². The van der Waals surface area contributed by atoms with Crippen LogP contribution in [0.3, 0.4) is 0 Å². The molecule has 2 nitrogen and oxygen atoms in total. The summed E-state index contributed by atoms with van der Waals surface area (Å²) in [5, 5.41) is 0. The van der Waals surface area contributed by atoms with E-state index in [4.69, 9.17) is 4.74 Å². The SMILES string of the molecule is CCOC1CCC2CC(C3CCC(c4ccc(OC(F)(F)F)cc4)CC3)CCC2C1. The maximum atomic E-state index is 12.3. The normalized spacial score (nSPS) is 34.9. The van der Waals surface area contributed by atoms with Crippen LogP contribution in [0.25, 0.3) is 0 Å². The van der Waals surface area contributed by atoms with Gasteiger partial charge in [0, 0.05) is 6.61 Å². The number of hydrogen-bond acceptors (Lipinski definition) is 2. The zero-order valence-corrected chi connectivity index (χ0v) is 18.0. The lowest BCUT2D eigenvalue weighted by molar-refractivity contribution is -0.274. The molecule has 4 unspecified atom stereocenters. The first kappa shape index (κ1) is 22.0. The predicted octanol–water partition coefficient (Wildman–Crippen LogP) is 7.48. The van der Waals surface area contributed by atoms with Crippen LogP contribution in [0.5, 0.6) is 5.75 Å². The molecular formula is C25H35F3O2. The first-order chi connectivity index (χ1) is 14.4. The summed E-state index contributed by atoms with van der Waals surface area (Å²) in [5.41, 5.74) is 1.15. The smallest absolute Gasteiger partial charge is 0.406 e. The zero-order valence-electron chi connectivity index (χ0n) is 18.0. The number of halogens is 3. The van der Waals surface area contributed by atoms with E-state index in [1.165, 1.54) is 63.5 Å². The molecule has 0 heterocycles. The molecule has 0 spiro atoms. The highest BCUT2D eigenvalue weighted by Crippen LogP contribution is 2.49. The molecule has 4 rings (SSSR count). The van der Waals surface area contributed by atoms with Gasteiger partial charge >= 0.3 is 6.36 Å². The van der Waals surface area contributed by atoms with Gasteiger partial charge in [0.2, 0.25) is 0 Å². The van der Waals surface area contributed by atoms with Crippen molar-refractivity contribution in [1.82, 2.24) is 0 Å². The molecule has 0 saturated heterocycles. The summed E-state index contributed by atoms with van der Waals surface area (Å²) in [6.07, 6.45) is 8.70. The van der Waals surface area contributed by atoms with Gasteiger partial charge in [-0.3, -0.25) is 0 Å². The second kappa shape index (κ2) is 9.50. The Balaban J connectivity index is 1.25. The summed E-state index contributed by atoms with van der Waals surface area (Å²) in [6.45, 7) is 2.94. The number of ether oxygens (including phenoxy) is 2. The van der Waals surface area contributed by atoms with Crippen molar-refractivity contribution in [3.05, 3.63) is 29.8 Å². The van der Waals surface area contributed by atoms with Gasteiger partial charge in [-0.15, -0.1) is 13.2 Å². The van der Waals surface area contributed by atoms with Crippen molar-refractivity contribution in [3.8, 4) is 5.75 Å². The lowest BCUT2D eigenvalue weighted by Crippen LogP contribution is -2.36. The van der Waals surface area contributed by atoms with E-state index in [0.29, 0.717) is 12.0 Å². The second-order valence-electron chi connectivity index (χ2n) is 9.71. The number of hydrogen-bond donors (Lipinski definition) is 0. The molecule has 0 aliphatic heterocycles. The van der Waals surface area contributed by atoms with Gasteiger partial charge in [-0.25, -0.2) is 0 Å². The fraction of sp³-hybridized carbons (Fsp3) is 0.760. The quantitative estimate of drug-likeness (QED) is 0.488. The highest BCUT2D eigenvalue weighted by atomic mass is 19.4. The molecule has 168 valence electrons. The Morgan fingerprint density at radius 2 is 1.33 bits per heavy atom. The van der Waals surface area contributed by atoms with Gasteiger partial charge in [0.1, 0.15) is 5.75 Å². The Bertz CT molecular complexity index is 664. The van der Waals surface area contributed by atoms with Crippen molar-refractivity contribution in [3.63, 3.8) is 0 Å². The molecule has 3 saturated carbocycles. The van der Waals surface area contributed by atoms with E-state index in [9.17, 15) is 13.2 Å². The Kier molecular flexibility index (Phi) is 6.96. The van der Waals surface area contributed by atoms with Crippen LogP contribution in [0.2, 0.25) is 0 Å². The largest absolute Gasteiger partial charge is 0.573 e. The highest BCUT2D eigenvalue weighted by molar-refractivity contribution is 5.29. The van der Waals surface area contributed by atoms with Crippen molar-refractivity contribution < 1.29 is 22.6 Å². The molecule has 3 aliphatic carbocycles. The second-order valence-corrected chi connectivity index (χ2v) is 9.71. The van der Waals surface area contributed by atoms with Crippen LogP contribution in [-0.4, -0.2) is 19.1 Å². The molecule has 0 bridgehead atoms. The highest BCUT2D eigenvalue weighted by Gasteiger charge is 2.39. The summed E-state index contributed by atoms with van der Waals surface area (Å²) >= 11 is 0. The van der Waals surface area contributed by atoms with Crippen LogP contribution in [0, 0.1) is 23.7 Å². The zero-order chi connectivity index (χ0) is 21.1. The summed E-state index contributed by atoms with van der Waals surface area (Å²) in [6, 6.07) is 6.53. The number of alkyl halides is 3. The van der Waals surface area contributed by atoms with Gasteiger partial charge < -0.3 is 9.47 Å². The van der Waals surface area contributed by atoms with Gasteiger partial charge in [0.05, 0.1) is 6.10 Å². The summed E-state index contributed by atoms with van der Waals surface area (Å²) in [4.78, 5) is 0. The average molecular weight is 425 g/mol. The minimum absolute atomic E-state index is 0.129. The molecule has 1 aromatic carbocycles. The van der Waals surface area contributed by atoms with Crippen molar-refractivity contribution in [2.75, 3.05) is 6.61 Å². The van der Waals surface area contributed by atoms with Crippen LogP contribution in [0.1, 0.15) is 82.6 Å². The third kappa shape index (κ3) is 5.52. The summed E-state index contributed by atoms with van der Waals surface area (Å²) in [7, 11) is 0. The van der Waals surface area contributed by atoms with Gasteiger partial charge in [0.15, 0.2) is 0 Å². The maximum absolute atomic E-state index is 12.3. The summed E-state index contributed by atoms with van der Waals surface area (Å²) in [5.74, 6) is 3.83. The van der Waals surface area contributed by atoms with Crippen LogP contribution in [-0.2, 0) is 4.74 Å². The Hall–Kier alpha value is -1.23. The Labute approximate surface area is 178 Å². The molecule has 0 aromatic heterocycles. The van der Waals surface area contributed by atoms with E-state index in [1.807, 2.05) is 12.1 Å². The first-order valence-corrected chi connectivity index (χ1v) is 11.9. The molecule has 3 fully saturated rings. The van der Waals surface area contributed by atoms with Gasteiger partial charge in [-0.05, 0) is 118 Å². The predicted molar refractivity (Wildman–Crippen MR) is 111 cm³/mol. The van der Waals surface area contributed by atoms with Crippen molar-refractivity contribution in [2.45, 2.75) is 89.5 Å². The van der Waals surface area contributed by atoms with Crippen LogP contribution >= 0.6 is 0 Å². The van der Waals surface area contributed by atoms with Gasteiger partial charge in [-0.2, -0.15) is 0 Å². The molecule has 5 heteroatoms. The Morgan fingerprint density at radius 3 is 1.97 bits per heavy atom. The minimum Gasteiger partial charge on any atom is -0.406 e. The molecule has 30 heavy (non-hydrogen) atoms. The third-order valence-electron chi connectivity index (χ3n) is 8.03. The lowest BCUT2D eigenvalue weighted by Gasteiger charge is -2.45. The van der Waals surface area contributed by atoms with Crippen LogP contribution < -0.4 is 4.74 Å². The number of benzene rings is 1. The first-order valence-electron chi connectivity index (χ1n) is 11.9. The van der Waals surface area contributed by atoms with Crippen molar-refractivity contribution in [1.29, 1.82) is 0 Å². The average Bonchev–Trinajstić information content (AvgIpc) is 2.73. The molecule has 1 aromatic rings. The minimum atomic E-state index is -4.62. The molecule has 0 N–H and O–H groups in total. The van der Waals surface area contributed by atoms with E-state index in [-0.39, 0.29) is 5.75 Å². The topological polar surface area (TPSA) is 18.5 Å². The fourth-order valence-corrected chi connectivity index (χ4v) is 6.56. The number of fused-ring (bicyclic) bond motifs is 1. The van der Waals surface area contributed by atoms with E-state index >= 15 is 0 Å². The third-order valence-corrected chi connectivity index (χ3v) is 8.03. The molecule has 4 atom stereocenters. The molecule has 0 amide bonds. The summed E-state index contributed by atoms with van der Waals surface area (Å²) < 4.78 is 46.9. The van der Waals surface area contributed by atoms with E-state index in [0.717, 1.165) is 48.7 Å². The van der Waals surface area contributed by atoms with Gasteiger partial charge in [-0.1, -0.05) is 12.1 Å². The van der Waals surface area contributed by atoms with E-state index in [2.05, 4.69) is 11.7 Å². The van der Waals surface area contributed by atoms with E-state index < -0.39 is 6.36 Å². The molecule has 0 radical (unpaired) electrons. The molecular weight excluding hydrogens is 389 g/mol. The fourth-order valence-electron chi connectivity index (χ4n) is 6.56. The monoisotopic (exact) mass is 424 g/mol. The van der Waals surface area contributed by atoms with Gasteiger partial charge in [0.25, 0.3) is 0 Å². The standard InChI is InChI=1S/C25H35F3O2/c1-2-29-24-14-11-21-15-20(7-8-22(21)16-24)19-5-3-17(4-6-19)18-9-12-23(13-10-18)30-25(26,27)28/h9-10,12-13,17,19-22,24H,2-8,11,14-16H2,1H3. The lowest BCUT2D eigenvalue weighted by atomic mass is 9.62. The van der Waals surface area contributed by atoms with E-state index in [1.54, 1.807) is 0 Å². The Morgan fingerprint density at radius 1 is 0.767 bits per heavy atom. The van der Waals surface area contributed by atoms with Crippen molar-refractivity contribution >= 4 is 0 Å². The maximum Gasteiger partial charge on any atom is 0.573 e. The van der Waals surface area contributed by atoms with Crippen LogP contribution in [0.15, 0.2) is 24.3 Å².